The van der Waals surface area contributed by atoms with E-state index in [1.807, 2.05) is 37.9 Å². The zero-order chi connectivity index (χ0) is 23.8. The van der Waals surface area contributed by atoms with Gasteiger partial charge >= 0.3 is 0 Å². The first kappa shape index (κ1) is 28.1. The monoisotopic (exact) mass is 469 g/mol. The molecular weight excluding hydrogens is 431 g/mol. The van der Waals surface area contributed by atoms with E-state index in [9.17, 15) is 0 Å². The average molecular weight is 469 g/mol. The van der Waals surface area contributed by atoms with Gasteiger partial charge in [0, 0.05) is 52.7 Å². The molecule has 2 N–H and O–H groups in total. The highest BCUT2D eigenvalue weighted by molar-refractivity contribution is 5.75. The summed E-state index contributed by atoms with van der Waals surface area (Å²) in [4.78, 5) is 8.32. The maximum atomic E-state index is 4.21. The topological polar surface area (TPSA) is 59.7 Å². The summed E-state index contributed by atoms with van der Waals surface area (Å²) in [7, 11) is 0. The molecule has 0 bridgehead atoms. The van der Waals surface area contributed by atoms with Crippen molar-refractivity contribution < 1.29 is 0 Å². The molecule has 35 heavy (non-hydrogen) atoms. The Hall–Kier alpha value is -3.16. The van der Waals surface area contributed by atoms with Crippen molar-refractivity contribution >= 4 is 8.41 Å². The molecule has 4 rings (SSSR count). The predicted octanol–water partition coefficient (Wildman–Crippen LogP) is 4.36. The van der Waals surface area contributed by atoms with Gasteiger partial charge in [-0.05, 0) is 50.9 Å². The van der Waals surface area contributed by atoms with Crippen molar-refractivity contribution in [2.75, 3.05) is 13.1 Å². The van der Waals surface area contributed by atoms with Crippen molar-refractivity contribution in [1.29, 1.82) is 0 Å². The fourth-order valence-corrected chi connectivity index (χ4v) is 3.63. The molecule has 0 amide bonds. The van der Waals surface area contributed by atoms with E-state index in [4.69, 9.17) is 0 Å². The highest BCUT2D eigenvalue weighted by Crippen LogP contribution is 2.00. The van der Waals surface area contributed by atoms with Gasteiger partial charge in [0.25, 0.3) is 0 Å². The molecule has 0 unspecified atom stereocenters. The molecule has 0 spiro atoms. The van der Waals surface area contributed by atoms with Crippen molar-refractivity contribution in [3.05, 3.63) is 108 Å². The second-order valence-corrected chi connectivity index (χ2v) is 8.51. The zero-order valence-corrected chi connectivity index (χ0v) is 21.1. The van der Waals surface area contributed by atoms with Gasteiger partial charge in [-0.25, -0.2) is 9.97 Å². The summed E-state index contributed by atoms with van der Waals surface area (Å²) in [5, 5.41) is 6.89. The van der Waals surface area contributed by atoms with Gasteiger partial charge in [0.1, 0.15) is 0 Å². The van der Waals surface area contributed by atoms with Crippen LogP contribution in [-0.2, 0) is 26.2 Å². The number of rotatable bonds is 12. The first-order chi connectivity index (χ1) is 16.7. The van der Waals surface area contributed by atoms with Crippen LogP contribution in [0.3, 0.4) is 0 Å². The van der Waals surface area contributed by atoms with E-state index in [1.54, 1.807) is 0 Å². The number of imidazole rings is 2. The van der Waals surface area contributed by atoms with Gasteiger partial charge < -0.3 is 19.8 Å². The van der Waals surface area contributed by atoms with Crippen molar-refractivity contribution in [3.63, 3.8) is 0 Å². The minimum atomic E-state index is 0. The second kappa shape index (κ2) is 16.5. The Morgan fingerprint density at radius 2 is 1.31 bits per heavy atom. The van der Waals surface area contributed by atoms with Crippen LogP contribution in [0.4, 0.5) is 0 Å². The Bertz CT molecular complexity index is 1050. The fraction of sp³-hybridized carbons (Fsp3) is 0.357. The second-order valence-electron chi connectivity index (χ2n) is 8.51. The van der Waals surface area contributed by atoms with Gasteiger partial charge in [-0.1, -0.05) is 60.7 Å². The third-order valence-electron chi connectivity index (χ3n) is 5.55. The lowest BCUT2D eigenvalue weighted by atomic mass is 10.2. The summed E-state index contributed by atoms with van der Waals surface area (Å²) in [5.74, 6) is 0. The standard InChI is InChI=1S/2C14H19N3.B/c1-13-11-17(12-16-13)9-5-8-15-10-14-6-3-2-4-7-14;1-13-10-16-12-17(13)9-5-8-15-11-14-6-3-2-4-7-14;/h2-4,6-7,11-12,15H,5,8-10H2,1H3;2-4,6-7,10,12,15H,5,8-9,11H2,1H3;. The van der Waals surface area contributed by atoms with Crippen LogP contribution in [-0.4, -0.2) is 40.6 Å². The number of benzene rings is 2. The maximum absolute atomic E-state index is 4.21. The summed E-state index contributed by atoms with van der Waals surface area (Å²) in [6.45, 7) is 10.1. The molecule has 183 valence electrons. The summed E-state index contributed by atoms with van der Waals surface area (Å²) in [6.07, 6.45) is 10.0. The van der Waals surface area contributed by atoms with Crippen molar-refractivity contribution in [2.24, 2.45) is 0 Å². The highest BCUT2D eigenvalue weighted by atomic mass is 15.0. The van der Waals surface area contributed by atoms with Crippen molar-refractivity contribution in [1.82, 2.24) is 29.7 Å². The number of aryl methyl sites for hydroxylation is 4. The molecule has 0 atom stereocenters. The molecule has 0 fully saturated rings. The summed E-state index contributed by atoms with van der Waals surface area (Å²) < 4.78 is 4.32. The number of hydrogen-bond donors (Lipinski definition) is 2. The summed E-state index contributed by atoms with van der Waals surface area (Å²) in [6, 6.07) is 21.0. The lowest BCUT2D eigenvalue weighted by Gasteiger charge is -2.06. The van der Waals surface area contributed by atoms with Crippen LogP contribution >= 0.6 is 0 Å². The van der Waals surface area contributed by atoms with Gasteiger partial charge in [0.05, 0.1) is 18.3 Å². The van der Waals surface area contributed by atoms with Crippen LogP contribution in [0.5, 0.6) is 0 Å². The zero-order valence-electron chi connectivity index (χ0n) is 21.1. The van der Waals surface area contributed by atoms with E-state index >= 15 is 0 Å². The van der Waals surface area contributed by atoms with Gasteiger partial charge in [-0.15, -0.1) is 0 Å². The normalized spacial score (nSPS) is 10.3. The van der Waals surface area contributed by atoms with E-state index in [0.29, 0.717) is 0 Å². The predicted molar refractivity (Wildman–Crippen MR) is 145 cm³/mol. The molecule has 2 aromatic carbocycles. The molecule has 6 nitrogen and oxygen atoms in total. The number of hydrogen-bond acceptors (Lipinski definition) is 4. The summed E-state index contributed by atoms with van der Waals surface area (Å²) >= 11 is 0. The number of aromatic nitrogens is 4. The van der Waals surface area contributed by atoms with E-state index in [0.717, 1.165) is 57.8 Å². The first-order valence-corrected chi connectivity index (χ1v) is 12.1. The quantitative estimate of drug-likeness (QED) is 0.239. The molecule has 4 aromatic rings. The van der Waals surface area contributed by atoms with Gasteiger partial charge in [-0.2, -0.15) is 0 Å². The van der Waals surface area contributed by atoms with E-state index in [1.165, 1.54) is 16.8 Å². The van der Waals surface area contributed by atoms with Crippen LogP contribution < -0.4 is 10.6 Å². The highest BCUT2D eigenvalue weighted by Gasteiger charge is 1.96. The lowest BCUT2D eigenvalue weighted by Crippen LogP contribution is -2.16. The first-order valence-electron chi connectivity index (χ1n) is 12.1. The Morgan fingerprint density at radius 1 is 0.743 bits per heavy atom. The molecular formula is C28H38BN6. The van der Waals surface area contributed by atoms with Crippen molar-refractivity contribution in [2.45, 2.75) is 52.9 Å². The Kier molecular flexibility index (Phi) is 13.2. The minimum Gasteiger partial charge on any atom is -0.337 e. The smallest absolute Gasteiger partial charge is 0.0949 e. The van der Waals surface area contributed by atoms with Crippen LogP contribution in [0.15, 0.2) is 85.7 Å². The Morgan fingerprint density at radius 3 is 1.80 bits per heavy atom. The lowest BCUT2D eigenvalue weighted by molar-refractivity contribution is 0.574. The maximum Gasteiger partial charge on any atom is 0.0949 e. The van der Waals surface area contributed by atoms with Gasteiger partial charge in [0.15, 0.2) is 0 Å². The van der Waals surface area contributed by atoms with E-state index in [-0.39, 0.29) is 8.41 Å². The summed E-state index contributed by atoms with van der Waals surface area (Å²) in [5.41, 5.74) is 4.99. The SMILES string of the molecule is Cc1cn(CCCNCc2ccccc2)cn1.Cc1cncn1CCCNCc1ccccc1.[B]. The Labute approximate surface area is 212 Å². The molecule has 7 heteroatoms. The molecule has 0 aliphatic rings. The van der Waals surface area contributed by atoms with Gasteiger partial charge in [0.2, 0.25) is 0 Å². The molecule has 0 saturated heterocycles. The van der Waals surface area contributed by atoms with E-state index < -0.39 is 0 Å². The molecule has 2 heterocycles. The minimum absolute atomic E-state index is 0. The number of nitrogens with zero attached hydrogens (tertiary/aromatic N) is 4. The Balaban J connectivity index is 0.000000240. The molecule has 2 aromatic heterocycles. The van der Waals surface area contributed by atoms with Crippen molar-refractivity contribution in [3.8, 4) is 0 Å². The molecule has 0 aliphatic heterocycles. The third kappa shape index (κ3) is 11.2. The average Bonchev–Trinajstić information content (AvgIpc) is 3.48. The largest absolute Gasteiger partial charge is 0.337 e. The van der Waals surface area contributed by atoms with Crippen LogP contribution in [0.2, 0.25) is 0 Å². The molecule has 3 radical (unpaired) electrons. The van der Waals surface area contributed by atoms with Crippen LogP contribution in [0, 0.1) is 13.8 Å². The fourth-order valence-electron chi connectivity index (χ4n) is 3.63. The van der Waals surface area contributed by atoms with E-state index in [2.05, 4.69) is 91.4 Å². The van der Waals surface area contributed by atoms with Crippen LogP contribution in [0.1, 0.15) is 35.4 Å². The molecule has 0 aliphatic carbocycles. The van der Waals surface area contributed by atoms with Crippen LogP contribution in [0.25, 0.3) is 0 Å². The number of nitrogens with one attached hydrogen (secondary N) is 2. The van der Waals surface area contributed by atoms with Gasteiger partial charge in [-0.3, -0.25) is 0 Å². The third-order valence-corrected chi connectivity index (χ3v) is 5.55. The molecule has 0 saturated carbocycles.